The predicted molar refractivity (Wildman–Crippen MR) is 158 cm³/mol. The third kappa shape index (κ3) is 6.91. The molecule has 0 saturated carbocycles. The Morgan fingerprint density at radius 2 is 1.85 bits per heavy atom. The summed E-state index contributed by atoms with van der Waals surface area (Å²) in [6.45, 7) is 16.5. The first-order chi connectivity index (χ1) is 18.2. The molecule has 3 aromatic rings. The topological polar surface area (TPSA) is 70.4 Å². The van der Waals surface area contributed by atoms with Gasteiger partial charge in [0.15, 0.2) is 9.04 Å². The number of hydrogen-bond donors (Lipinski definition) is 0. The molecule has 1 unspecified atom stereocenters. The molecule has 0 radical (unpaired) electrons. The minimum atomic E-state index is -1.49. The lowest BCUT2D eigenvalue weighted by Crippen LogP contribution is -2.43. The van der Waals surface area contributed by atoms with Crippen molar-refractivity contribution in [3.63, 3.8) is 0 Å². The van der Waals surface area contributed by atoms with Gasteiger partial charge >= 0.3 is 5.97 Å². The third-order valence-corrected chi connectivity index (χ3v) is 7.96. The van der Waals surface area contributed by atoms with Crippen molar-refractivity contribution >= 4 is 49.2 Å². The molecule has 0 bridgehead atoms. The summed E-state index contributed by atoms with van der Waals surface area (Å²) in [5, 5.41) is 0.256. The number of carbonyl (C=O) groups is 1. The monoisotopic (exact) mass is 594 g/mol. The van der Waals surface area contributed by atoms with E-state index in [-0.39, 0.29) is 57.6 Å². The van der Waals surface area contributed by atoms with Crippen molar-refractivity contribution in [2.24, 2.45) is 11.3 Å². The molecule has 0 amide bonds. The fourth-order valence-electron chi connectivity index (χ4n) is 4.77. The van der Waals surface area contributed by atoms with E-state index in [9.17, 15) is 14.0 Å². The number of halogens is 3. The lowest BCUT2D eigenvalue weighted by atomic mass is 9.80. The van der Waals surface area contributed by atoms with Crippen LogP contribution in [-0.4, -0.2) is 37.3 Å². The van der Waals surface area contributed by atoms with E-state index in [0.717, 1.165) is 0 Å². The van der Waals surface area contributed by atoms with Crippen LogP contribution in [0.5, 0.6) is 0 Å². The smallest absolute Gasteiger partial charge is 0.343 e. The van der Waals surface area contributed by atoms with Gasteiger partial charge in [0, 0.05) is 12.6 Å². The predicted octanol–water partition coefficient (Wildman–Crippen LogP) is 7.22. The second-order valence-corrected chi connectivity index (χ2v) is 14.6. The molecule has 3 rings (SSSR count). The highest BCUT2D eigenvalue weighted by molar-refractivity contribution is 6.48. The zero-order chi connectivity index (χ0) is 29.2. The van der Waals surface area contributed by atoms with Crippen LogP contribution in [0.4, 0.5) is 4.39 Å². The minimum Gasteiger partial charge on any atom is -0.462 e. The van der Waals surface area contributed by atoms with Gasteiger partial charge in [0.2, 0.25) is 5.43 Å². The first-order valence-electron chi connectivity index (χ1n) is 13.2. The van der Waals surface area contributed by atoms with Gasteiger partial charge in [-0.15, -0.1) is 0 Å². The summed E-state index contributed by atoms with van der Waals surface area (Å²) in [4.78, 5) is 31.2. The molecule has 39 heavy (non-hydrogen) atoms. The summed E-state index contributed by atoms with van der Waals surface area (Å²) in [6.07, 6.45) is 1.33. The SMILES string of the molecule is CCOC(=O)c1cn([C@@H](C(C)C)C(O[SiH](C)C)C(C)(C)C)c2cc(Cl)c(Cc3cccc(Cl)c3F)nc2c1=O. The zero-order valence-corrected chi connectivity index (χ0v) is 26.4. The van der Waals surface area contributed by atoms with Crippen molar-refractivity contribution in [2.45, 2.75) is 73.2 Å². The summed E-state index contributed by atoms with van der Waals surface area (Å²) in [5.74, 6) is -1.24. The molecule has 0 N–H and O–H groups in total. The molecular weight excluding hydrogens is 558 g/mol. The van der Waals surface area contributed by atoms with E-state index in [4.69, 9.17) is 32.4 Å². The van der Waals surface area contributed by atoms with Crippen LogP contribution in [0.1, 0.15) is 69.2 Å². The molecule has 212 valence electrons. The quantitative estimate of drug-likeness (QED) is 0.193. The van der Waals surface area contributed by atoms with Crippen molar-refractivity contribution in [2.75, 3.05) is 6.61 Å². The molecule has 0 spiro atoms. The number of aromatic nitrogens is 2. The third-order valence-electron chi connectivity index (χ3n) is 6.51. The number of nitrogens with zero attached hydrogens (tertiary/aromatic N) is 2. The van der Waals surface area contributed by atoms with Crippen LogP contribution < -0.4 is 5.43 Å². The first-order valence-corrected chi connectivity index (χ1v) is 16.7. The molecule has 0 saturated heterocycles. The molecule has 6 nitrogen and oxygen atoms in total. The average molecular weight is 596 g/mol. The number of fused-ring (bicyclic) bond motifs is 1. The van der Waals surface area contributed by atoms with Crippen molar-refractivity contribution in [3.8, 4) is 0 Å². The van der Waals surface area contributed by atoms with Crippen LogP contribution in [0.25, 0.3) is 11.0 Å². The molecule has 2 aromatic heterocycles. The van der Waals surface area contributed by atoms with E-state index in [2.05, 4.69) is 52.7 Å². The molecule has 1 aromatic carbocycles. The molecule has 0 fully saturated rings. The largest absolute Gasteiger partial charge is 0.462 e. The maximum Gasteiger partial charge on any atom is 0.343 e. The maximum atomic E-state index is 14.7. The van der Waals surface area contributed by atoms with E-state index in [1.54, 1.807) is 31.3 Å². The molecule has 0 aliphatic rings. The van der Waals surface area contributed by atoms with Crippen molar-refractivity contribution in [1.82, 2.24) is 9.55 Å². The van der Waals surface area contributed by atoms with E-state index < -0.39 is 26.3 Å². The van der Waals surface area contributed by atoms with Gasteiger partial charge in [0.1, 0.15) is 16.9 Å². The first kappa shape index (κ1) is 31.3. The molecule has 2 atom stereocenters. The van der Waals surface area contributed by atoms with Gasteiger partial charge in [0.25, 0.3) is 0 Å². The van der Waals surface area contributed by atoms with Gasteiger partial charge < -0.3 is 13.7 Å². The standard InChI is InChI=1S/C29H37Cl2FN2O4Si/c1-9-37-28(36)18-15-34(25(16(2)3)27(29(4,5)6)38-39(7)8)22-14-20(31)21(33-24(22)26(18)35)13-17-11-10-12-19(30)23(17)32/h10-12,14-16,25,27,39H,9,13H2,1-8H3/t25-,27?/m0/s1. The van der Waals surface area contributed by atoms with E-state index >= 15 is 0 Å². The summed E-state index contributed by atoms with van der Waals surface area (Å²) < 4.78 is 28.4. The highest BCUT2D eigenvalue weighted by Crippen LogP contribution is 2.38. The maximum absolute atomic E-state index is 14.7. The van der Waals surface area contributed by atoms with Crippen molar-refractivity contribution < 1.29 is 18.3 Å². The number of rotatable bonds is 9. The number of hydrogen-bond acceptors (Lipinski definition) is 5. The van der Waals surface area contributed by atoms with Gasteiger partial charge in [-0.2, -0.15) is 0 Å². The lowest BCUT2D eigenvalue weighted by Gasteiger charge is -2.42. The fraction of sp³-hybridized carbons (Fsp3) is 0.483. The van der Waals surface area contributed by atoms with Crippen LogP contribution in [0.15, 0.2) is 35.3 Å². The Balaban J connectivity index is 2.36. The van der Waals surface area contributed by atoms with E-state index in [0.29, 0.717) is 16.8 Å². The van der Waals surface area contributed by atoms with Gasteiger partial charge in [-0.3, -0.25) is 4.79 Å². The van der Waals surface area contributed by atoms with E-state index in [1.807, 2.05) is 4.57 Å². The fourth-order valence-corrected chi connectivity index (χ4v) is 6.34. The summed E-state index contributed by atoms with van der Waals surface area (Å²) in [6, 6.07) is 6.09. The lowest BCUT2D eigenvalue weighted by molar-refractivity contribution is 0.0212. The number of benzene rings is 1. The summed E-state index contributed by atoms with van der Waals surface area (Å²) in [5.41, 5.74) is 0.165. The Kier molecular flexibility index (Phi) is 10.0. The second-order valence-electron chi connectivity index (χ2n) is 11.4. The second kappa shape index (κ2) is 12.5. The minimum absolute atomic E-state index is 0.0157. The van der Waals surface area contributed by atoms with E-state index in [1.165, 1.54) is 6.07 Å². The molecule has 0 aliphatic carbocycles. The van der Waals surface area contributed by atoms with Gasteiger partial charge in [-0.1, -0.05) is 70.0 Å². The van der Waals surface area contributed by atoms with Gasteiger partial charge in [-0.25, -0.2) is 14.2 Å². The Hall–Kier alpha value is -2.26. The highest BCUT2D eigenvalue weighted by atomic mass is 35.5. The molecule has 10 heteroatoms. The Bertz CT molecular complexity index is 1420. The van der Waals surface area contributed by atoms with Crippen LogP contribution in [0.2, 0.25) is 23.1 Å². The molecule has 0 aliphatic heterocycles. The molecular formula is C29H37Cl2FN2O4Si. The number of carbonyl (C=O) groups excluding carboxylic acids is 1. The number of esters is 1. The zero-order valence-electron chi connectivity index (χ0n) is 23.8. The van der Waals surface area contributed by atoms with Crippen LogP contribution >= 0.6 is 23.2 Å². The van der Waals surface area contributed by atoms with Crippen molar-refractivity contribution in [3.05, 3.63) is 73.4 Å². The normalized spacial score (nSPS) is 13.8. The van der Waals surface area contributed by atoms with Crippen molar-refractivity contribution in [1.29, 1.82) is 0 Å². The van der Waals surface area contributed by atoms with Gasteiger partial charge in [-0.05, 0) is 49.0 Å². The van der Waals surface area contributed by atoms with Crippen LogP contribution in [0.3, 0.4) is 0 Å². The summed E-state index contributed by atoms with van der Waals surface area (Å²) in [7, 11) is -1.49. The molecule has 2 heterocycles. The number of pyridine rings is 2. The van der Waals surface area contributed by atoms with Crippen LogP contribution in [-0.2, 0) is 15.6 Å². The summed E-state index contributed by atoms with van der Waals surface area (Å²) >= 11 is 12.7. The number of ether oxygens (including phenoxy) is 1. The van der Waals surface area contributed by atoms with Crippen LogP contribution in [0, 0.1) is 17.2 Å². The Labute approximate surface area is 241 Å². The Morgan fingerprint density at radius 1 is 1.18 bits per heavy atom. The highest BCUT2D eigenvalue weighted by Gasteiger charge is 2.38. The van der Waals surface area contributed by atoms with Gasteiger partial charge in [0.05, 0.1) is 40.0 Å². The Morgan fingerprint density at radius 3 is 2.41 bits per heavy atom. The average Bonchev–Trinajstić information content (AvgIpc) is 2.82.